The minimum atomic E-state index is 0.00912. The van der Waals surface area contributed by atoms with E-state index in [4.69, 9.17) is 0 Å². The summed E-state index contributed by atoms with van der Waals surface area (Å²) in [7, 11) is 0. The van der Waals surface area contributed by atoms with E-state index >= 15 is 0 Å². The lowest BCUT2D eigenvalue weighted by Gasteiger charge is -2.38. The Morgan fingerprint density at radius 3 is 2.43 bits per heavy atom. The fraction of sp³-hybridized carbons (Fsp3) is 0.394. The van der Waals surface area contributed by atoms with Gasteiger partial charge in [-0.2, -0.15) is 0 Å². The predicted octanol–water partition coefficient (Wildman–Crippen LogP) is 7.16. The average molecular weight is 496 g/mol. The van der Waals surface area contributed by atoms with Crippen molar-refractivity contribution in [1.29, 1.82) is 0 Å². The van der Waals surface area contributed by atoms with Crippen LogP contribution in [0.1, 0.15) is 65.9 Å². The van der Waals surface area contributed by atoms with E-state index in [1.165, 1.54) is 28.7 Å². The number of nitrogens with zero attached hydrogens (tertiary/aromatic N) is 3. The van der Waals surface area contributed by atoms with Crippen LogP contribution in [0.4, 0.5) is 0 Å². The second-order valence-electron chi connectivity index (χ2n) is 10.9. The third-order valence-corrected chi connectivity index (χ3v) is 7.53. The highest BCUT2D eigenvalue weighted by Crippen LogP contribution is 2.27. The Bertz CT molecular complexity index is 1190. The van der Waals surface area contributed by atoms with Crippen molar-refractivity contribution >= 4 is 12.0 Å². The van der Waals surface area contributed by atoms with E-state index in [0.29, 0.717) is 18.2 Å². The summed E-state index contributed by atoms with van der Waals surface area (Å²) < 4.78 is 0. The normalized spacial score (nSPS) is 14.6. The number of aromatic nitrogens is 1. The molecule has 1 fully saturated rings. The number of piperidine rings is 1. The zero-order valence-electron chi connectivity index (χ0n) is 22.9. The van der Waals surface area contributed by atoms with Gasteiger partial charge in [-0.1, -0.05) is 80.6 Å². The van der Waals surface area contributed by atoms with Crippen LogP contribution in [0.2, 0.25) is 0 Å². The molecule has 0 spiro atoms. The zero-order valence-corrected chi connectivity index (χ0v) is 22.9. The highest BCUT2D eigenvalue weighted by molar-refractivity contribution is 5.92. The first-order valence-corrected chi connectivity index (χ1v) is 13.6. The number of pyridine rings is 1. The topological polar surface area (TPSA) is 36.4 Å². The molecule has 0 radical (unpaired) electrons. The predicted molar refractivity (Wildman–Crippen MR) is 154 cm³/mol. The first-order chi connectivity index (χ1) is 17.8. The Morgan fingerprint density at radius 1 is 1.08 bits per heavy atom. The molecule has 0 atom stereocenters. The Labute approximate surface area is 223 Å². The fourth-order valence-corrected chi connectivity index (χ4v) is 5.10. The van der Waals surface area contributed by atoms with E-state index in [1.807, 2.05) is 12.1 Å². The molecular formula is C33H41N3O. The maximum Gasteiger partial charge on any atom is 0.272 e. The van der Waals surface area contributed by atoms with E-state index in [9.17, 15) is 4.79 Å². The molecular weight excluding hydrogens is 454 g/mol. The number of likely N-dealkylation sites (tertiary alicyclic amines) is 1. The van der Waals surface area contributed by atoms with Crippen LogP contribution in [-0.4, -0.2) is 46.4 Å². The standard InChI is InChI=1S/C33H41N3O/c1-6-27-11-14-32(34-22-27)33(37)36(30-16-19-35(20-17-30)18-15-24(2)3)23-28-9-12-29(13-10-28)31-21-25(4)7-8-26(31)5/h6-14,21-22,24,30H,1,15-20,23H2,2-5H3. The van der Waals surface area contributed by atoms with E-state index in [0.717, 1.165) is 43.6 Å². The lowest BCUT2D eigenvalue weighted by atomic mass is 9.97. The molecule has 0 aliphatic carbocycles. The second-order valence-corrected chi connectivity index (χ2v) is 10.9. The van der Waals surface area contributed by atoms with Gasteiger partial charge < -0.3 is 9.80 Å². The summed E-state index contributed by atoms with van der Waals surface area (Å²) in [5.41, 5.74) is 7.57. The molecule has 194 valence electrons. The zero-order chi connectivity index (χ0) is 26.4. The molecule has 4 heteroatoms. The van der Waals surface area contributed by atoms with Crippen LogP contribution in [0.5, 0.6) is 0 Å². The van der Waals surface area contributed by atoms with Gasteiger partial charge in [0.25, 0.3) is 5.91 Å². The highest BCUT2D eigenvalue weighted by Gasteiger charge is 2.29. The minimum Gasteiger partial charge on any atom is -0.330 e. The fourth-order valence-electron chi connectivity index (χ4n) is 5.10. The number of hydrogen-bond donors (Lipinski definition) is 0. The second kappa shape index (κ2) is 12.3. The van der Waals surface area contributed by atoms with Crippen molar-refractivity contribution in [3.63, 3.8) is 0 Å². The number of rotatable bonds is 9. The SMILES string of the molecule is C=Cc1ccc(C(=O)N(Cc2ccc(-c3cc(C)ccc3C)cc2)C2CCN(CCC(C)C)CC2)nc1. The molecule has 1 saturated heterocycles. The summed E-state index contributed by atoms with van der Waals surface area (Å²) in [5, 5.41) is 0. The van der Waals surface area contributed by atoms with Crippen molar-refractivity contribution in [3.05, 3.63) is 95.3 Å². The molecule has 1 aliphatic heterocycles. The Morgan fingerprint density at radius 2 is 1.81 bits per heavy atom. The van der Waals surface area contributed by atoms with Gasteiger partial charge in [-0.05, 0) is 79.5 Å². The van der Waals surface area contributed by atoms with Crippen LogP contribution < -0.4 is 0 Å². The molecule has 4 rings (SSSR count). The molecule has 37 heavy (non-hydrogen) atoms. The van der Waals surface area contributed by atoms with Crippen molar-refractivity contribution in [1.82, 2.24) is 14.8 Å². The van der Waals surface area contributed by atoms with Gasteiger partial charge in [-0.3, -0.25) is 9.78 Å². The maximum absolute atomic E-state index is 13.7. The third-order valence-electron chi connectivity index (χ3n) is 7.53. The van der Waals surface area contributed by atoms with Crippen molar-refractivity contribution in [2.45, 2.75) is 59.5 Å². The van der Waals surface area contributed by atoms with E-state index in [2.05, 4.69) is 91.5 Å². The van der Waals surface area contributed by atoms with Gasteiger partial charge in [0.2, 0.25) is 0 Å². The lowest BCUT2D eigenvalue weighted by Crippen LogP contribution is -2.47. The first kappa shape index (κ1) is 26.8. The van der Waals surface area contributed by atoms with E-state index in [-0.39, 0.29) is 11.9 Å². The molecule has 1 aliphatic rings. The average Bonchev–Trinajstić information content (AvgIpc) is 2.92. The van der Waals surface area contributed by atoms with Gasteiger partial charge in [0.1, 0.15) is 5.69 Å². The Balaban J connectivity index is 1.53. The lowest BCUT2D eigenvalue weighted by molar-refractivity contribution is 0.0540. The summed E-state index contributed by atoms with van der Waals surface area (Å²) in [6.45, 7) is 16.5. The van der Waals surface area contributed by atoms with Gasteiger partial charge in [0.05, 0.1) is 0 Å². The van der Waals surface area contributed by atoms with Crippen molar-refractivity contribution in [2.75, 3.05) is 19.6 Å². The number of amides is 1. The molecule has 0 unspecified atom stereocenters. The minimum absolute atomic E-state index is 0.00912. The van der Waals surface area contributed by atoms with Gasteiger partial charge in [0.15, 0.2) is 0 Å². The van der Waals surface area contributed by atoms with Crippen LogP contribution in [-0.2, 0) is 6.54 Å². The smallest absolute Gasteiger partial charge is 0.272 e. The van der Waals surface area contributed by atoms with Crippen molar-refractivity contribution in [3.8, 4) is 11.1 Å². The molecule has 0 bridgehead atoms. The summed E-state index contributed by atoms with van der Waals surface area (Å²) in [6.07, 6.45) is 6.69. The number of aryl methyl sites for hydroxylation is 2. The molecule has 0 N–H and O–H groups in total. The first-order valence-electron chi connectivity index (χ1n) is 13.6. The van der Waals surface area contributed by atoms with E-state index in [1.54, 1.807) is 12.3 Å². The summed E-state index contributed by atoms with van der Waals surface area (Å²) in [5.74, 6) is 0.724. The van der Waals surface area contributed by atoms with Crippen molar-refractivity contribution in [2.24, 2.45) is 5.92 Å². The number of carbonyl (C=O) groups excluding carboxylic acids is 1. The molecule has 1 aromatic heterocycles. The van der Waals surface area contributed by atoms with Crippen LogP contribution in [0, 0.1) is 19.8 Å². The highest BCUT2D eigenvalue weighted by atomic mass is 16.2. The van der Waals surface area contributed by atoms with E-state index < -0.39 is 0 Å². The van der Waals surface area contributed by atoms with Gasteiger partial charge in [-0.15, -0.1) is 0 Å². The van der Waals surface area contributed by atoms with Crippen LogP contribution in [0.3, 0.4) is 0 Å². The monoisotopic (exact) mass is 495 g/mol. The largest absolute Gasteiger partial charge is 0.330 e. The molecule has 1 amide bonds. The van der Waals surface area contributed by atoms with Crippen LogP contribution in [0.25, 0.3) is 17.2 Å². The molecule has 0 saturated carbocycles. The summed E-state index contributed by atoms with van der Waals surface area (Å²) in [6, 6.07) is 19.2. The third kappa shape index (κ3) is 6.95. The number of benzene rings is 2. The van der Waals surface area contributed by atoms with Gasteiger partial charge in [0, 0.05) is 31.9 Å². The van der Waals surface area contributed by atoms with Crippen LogP contribution in [0.15, 0.2) is 67.4 Å². The Hall–Kier alpha value is -3.24. The molecule has 2 heterocycles. The Kier molecular flexibility index (Phi) is 8.94. The number of hydrogen-bond acceptors (Lipinski definition) is 3. The number of carbonyl (C=O) groups is 1. The summed E-state index contributed by atoms with van der Waals surface area (Å²) >= 11 is 0. The van der Waals surface area contributed by atoms with Gasteiger partial charge in [-0.25, -0.2) is 0 Å². The maximum atomic E-state index is 13.7. The quantitative estimate of drug-likeness (QED) is 0.316. The molecule has 4 nitrogen and oxygen atoms in total. The summed E-state index contributed by atoms with van der Waals surface area (Å²) in [4.78, 5) is 22.8. The van der Waals surface area contributed by atoms with Crippen LogP contribution >= 0.6 is 0 Å². The molecule has 2 aromatic carbocycles. The molecule has 3 aromatic rings. The van der Waals surface area contributed by atoms with Crippen molar-refractivity contribution < 1.29 is 4.79 Å². The van der Waals surface area contributed by atoms with Gasteiger partial charge >= 0.3 is 0 Å².